The van der Waals surface area contributed by atoms with E-state index in [2.05, 4.69) is 26.1 Å². The first-order valence-corrected chi connectivity index (χ1v) is 6.02. The van der Waals surface area contributed by atoms with E-state index in [9.17, 15) is 5.11 Å². The second-order valence-corrected chi connectivity index (χ2v) is 5.05. The number of aliphatic hydroxyl groups excluding tert-OH is 1. The third-order valence-electron chi connectivity index (χ3n) is 3.53. The quantitative estimate of drug-likeness (QED) is 0.711. The Kier molecular flexibility index (Phi) is 4.90. The second-order valence-electron chi connectivity index (χ2n) is 5.05. The van der Waals surface area contributed by atoms with Crippen LogP contribution in [-0.4, -0.2) is 23.8 Å². The summed E-state index contributed by atoms with van der Waals surface area (Å²) < 4.78 is 0. The van der Waals surface area contributed by atoms with E-state index in [4.69, 9.17) is 0 Å². The molecule has 0 radical (unpaired) electrons. The molecule has 0 amide bonds. The number of hydrogen-bond acceptors (Lipinski definition) is 2. The van der Waals surface area contributed by atoms with Crippen LogP contribution in [0.1, 0.15) is 46.5 Å². The van der Waals surface area contributed by atoms with Crippen LogP contribution in [0, 0.1) is 11.8 Å². The smallest absolute Gasteiger partial charge is 0.0687 e. The molecule has 1 aliphatic rings. The number of hydrogen-bond donors (Lipinski definition) is 2. The minimum absolute atomic E-state index is 0.196. The molecule has 14 heavy (non-hydrogen) atoms. The van der Waals surface area contributed by atoms with E-state index < -0.39 is 0 Å². The maximum atomic E-state index is 9.66. The first-order chi connectivity index (χ1) is 6.61. The van der Waals surface area contributed by atoms with Crippen LogP contribution in [0.5, 0.6) is 0 Å². The van der Waals surface area contributed by atoms with Crippen LogP contribution < -0.4 is 5.32 Å². The van der Waals surface area contributed by atoms with Crippen LogP contribution in [0.4, 0.5) is 0 Å². The summed E-state index contributed by atoms with van der Waals surface area (Å²) in [7, 11) is 0. The van der Waals surface area contributed by atoms with Gasteiger partial charge in [-0.3, -0.25) is 0 Å². The fourth-order valence-corrected chi connectivity index (χ4v) is 2.17. The molecular formula is C12H25NO. The molecule has 84 valence electrons. The van der Waals surface area contributed by atoms with Gasteiger partial charge in [0.25, 0.3) is 0 Å². The molecule has 0 aromatic rings. The standard InChI is InChI=1S/C12H25NO/c1-9(2)12(14)8-13-10(3)11-6-4-5-7-11/h9-14H,4-8H2,1-3H3. The molecule has 1 fully saturated rings. The molecule has 1 rings (SSSR count). The molecule has 1 saturated carbocycles. The maximum Gasteiger partial charge on any atom is 0.0687 e. The lowest BCUT2D eigenvalue weighted by Gasteiger charge is -2.23. The molecular weight excluding hydrogens is 174 g/mol. The highest BCUT2D eigenvalue weighted by Gasteiger charge is 2.21. The van der Waals surface area contributed by atoms with Crippen molar-refractivity contribution in [3.8, 4) is 0 Å². The summed E-state index contributed by atoms with van der Waals surface area (Å²) in [6.45, 7) is 7.12. The zero-order valence-electron chi connectivity index (χ0n) is 9.79. The molecule has 0 heterocycles. The Morgan fingerprint density at radius 3 is 2.29 bits per heavy atom. The molecule has 2 N–H and O–H groups in total. The van der Waals surface area contributed by atoms with Crippen LogP contribution in [-0.2, 0) is 0 Å². The highest BCUT2D eigenvalue weighted by atomic mass is 16.3. The highest BCUT2D eigenvalue weighted by molar-refractivity contribution is 4.78. The number of nitrogens with one attached hydrogen (secondary N) is 1. The van der Waals surface area contributed by atoms with Crippen molar-refractivity contribution in [1.29, 1.82) is 0 Å². The van der Waals surface area contributed by atoms with Crippen LogP contribution in [0.25, 0.3) is 0 Å². The normalized spacial score (nSPS) is 22.9. The third-order valence-corrected chi connectivity index (χ3v) is 3.53. The Morgan fingerprint density at radius 1 is 1.21 bits per heavy atom. The fraction of sp³-hybridized carbons (Fsp3) is 1.00. The van der Waals surface area contributed by atoms with Gasteiger partial charge in [-0.15, -0.1) is 0 Å². The van der Waals surface area contributed by atoms with Crippen LogP contribution in [0.3, 0.4) is 0 Å². The van der Waals surface area contributed by atoms with E-state index in [1.165, 1.54) is 25.7 Å². The monoisotopic (exact) mass is 199 g/mol. The fourth-order valence-electron chi connectivity index (χ4n) is 2.17. The van der Waals surface area contributed by atoms with Gasteiger partial charge >= 0.3 is 0 Å². The molecule has 0 aromatic carbocycles. The number of aliphatic hydroxyl groups is 1. The first-order valence-electron chi connectivity index (χ1n) is 6.02. The van der Waals surface area contributed by atoms with Crippen molar-refractivity contribution in [1.82, 2.24) is 5.32 Å². The van der Waals surface area contributed by atoms with Crippen molar-refractivity contribution in [2.24, 2.45) is 11.8 Å². The summed E-state index contributed by atoms with van der Waals surface area (Å²) in [6.07, 6.45) is 5.32. The Hall–Kier alpha value is -0.0800. The summed E-state index contributed by atoms with van der Waals surface area (Å²) >= 11 is 0. The van der Waals surface area contributed by atoms with Gasteiger partial charge in [0.1, 0.15) is 0 Å². The van der Waals surface area contributed by atoms with Crippen molar-refractivity contribution >= 4 is 0 Å². The van der Waals surface area contributed by atoms with Crippen molar-refractivity contribution in [2.45, 2.75) is 58.6 Å². The largest absolute Gasteiger partial charge is 0.392 e. The third kappa shape index (κ3) is 3.58. The van der Waals surface area contributed by atoms with Gasteiger partial charge in [0.05, 0.1) is 6.10 Å². The van der Waals surface area contributed by atoms with Crippen LogP contribution >= 0.6 is 0 Å². The molecule has 0 aromatic heterocycles. The van der Waals surface area contributed by atoms with E-state index in [0.29, 0.717) is 12.0 Å². The minimum atomic E-state index is -0.196. The molecule has 0 saturated heterocycles. The maximum absolute atomic E-state index is 9.66. The summed E-state index contributed by atoms with van der Waals surface area (Å²) in [6, 6.07) is 0.575. The van der Waals surface area contributed by atoms with E-state index in [0.717, 1.165) is 12.5 Å². The topological polar surface area (TPSA) is 32.3 Å². The van der Waals surface area contributed by atoms with Gasteiger partial charge in [0, 0.05) is 12.6 Å². The molecule has 0 aliphatic heterocycles. The van der Waals surface area contributed by atoms with Crippen molar-refractivity contribution in [2.75, 3.05) is 6.54 Å². The summed E-state index contributed by atoms with van der Waals surface area (Å²) in [4.78, 5) is 0. The van der Waals surface area contributed by atoms with E-state index in [1.54, 1.807) is 0 Å². The molecule has 2 unspecified atom stereocenters. The van der Waals surface area contributed by atoms with Crippen LogP contribution in [0.15, 0.2) is 0 Å². The average molecular weight is 199 g/mol. The van der Waals surface area contributed by atoms with Gasteiger partial charge < -0.3 is 10.4 Å². The van der Waals surface area contributed by atoms with Gasteiger partial charge in [-0.2, -0.15) is 0 Å². The van der Waals surface area contributed by atoms with Gasteiger partial charge in [-0.25, -0.2) is 0 Å². The molecule has 2 nitrogen and oxygen atoms in total. The molecule has 2 atom stereocenters. The molecule has 1 aliphatic carbocycles. The summed E-state index contributed by atoms with van der Waals surface area (Å²) in [5, 5.41) is 13.1. The minimum Gasteiger partial charge on any atom is -0.392 e. The van der Waals surface area contributed by atoms with Gasteiger partial charge in [-0.1, -0.05) is 26.7 Å². The Morgan fingerprint density at radius 2 is 1.79 bits per heavy atom. The van der Waals surface area contributed by atoms with Crippen molar-refractivity contribution in [3.63, 3.8) is 0 Å². The van der Waals surface area contributed by atoms with Crippen LogP contribution in [0.2, 0.25) is 0 Å². The van der Waals surface area contributed by atoms with E-state index in [-0.39, 0.29) is 6.10 Å². The summed E-state index contributed by atoms with van der Waals surface area (Å²) in [5.74, 6) is 1.20. The van der Waals surface area contributed by atoms with Gasteiger partial charge in [-0.05, 0) is 31.6 Å². The predicted molar refractivity (Wildman–Crippen MR) is 60.3 cm³/mol. The lowest BCUT2D eigenvalue weighted by atomic mass is 9.99. The van der Waals surface area contributed by atoms with Crippen molar-refractivity contribution in [3.05, 3.63) is 0 Å². The highest BCUT2D eigenvalue weighted by Crippen LogP contribution is 2.27. The van der Waals surface area contributed by atoms with Gasteiger partial charge in [0.2, 0.25) is 0 Å². The first kappa shape index (κ1) is 12.0. The molecule has 0 spiro atoms. The molecule has 2 heteroatoms. The van der Waals surface area contributed by atoms with E-state index >= 15 is 0 Å². The predicted octanol–water partition coefficient (Wildman–Crippen LogP) is 2.17. The average Bonchev–Trinajstić information content (AvgIpc) is 2.66. The Bertz CT molecular complexity index is 152. The summed E-state index contributed by atoms with van der Waals surface area (Å²) in [5.41, 5.74) is 0. The number of rotatable bonds is 5. The Labute approximate surface area is 88.1 Å². The zero-order chi connectivity index (χ0) is 10.6. The van der Waals surface area contributed by atoms with E-state index in [1.807, 2.05) is 0 Å². The SMILES string of the molecule is CC(C)C(O)CNC(C)C1CCCC1. The van der Waals surface area contributed by atoms with Gasteiger partial charge in [0.15, 0.2) is 0 Å². The second kappa shape index (κ2) is 5.72. The van der Waals surface area contributed by atoms with Crippen molar-refractivity contribution < 1.29 is 5.11 Å². The molecule has 0 bridgehead atoms. The lowest BCUT2D eigenvalue weighted by Crippen LogP contribution is -2.39. The Balaban J connectivity index is 2.16. The zero-order valence-corrected chi connectivity index (χ0v) is 9.79. The lowest BCUT2D eigenvalue weighted by molar-refractivity contribution is 0.117.